The number of likely N-dealkylation sites (N-methyl/N-ethyl adjacent to an activating group) is 1. The number of pyridine rings is 1. The predicted octanol–water partition coefficient (Wildman–Crippen LogP) is 5.22. The largest absolute Gasteiger partial charge is 0.506 e. The van der Waals surface area contributed by atoms with Crippen molar-refractivity contribution < 1.29 is 77.7 Å². The number of methoxy groups -OCH3 is 1. The summed E-state index contributed by atoms with van der Waals surface area (Å²) in [5.41, 5.74) is -0.882. The second-order valence-electron chi connectivity index (χ2n) is 23.4. The molecule has 29 nitrogen and oxygen atoms in total. The molecule has 12 bridgehead atoms. The lowest BCUT2D eigenvalue weighted by molar-refractivity contribution is -0.280. The van der Waals surface area contributed by atoms with Crippen molar-refractivity contribution in [2.24, 2.45) is 0 Å². The first-order chi connectivity index (χ1) is 44.8. The molecule has 8 N–H and O–H groups in total. The zero-order valence-corrected chi connectivity index (χ0v) is 55.8. The smallest absolute Gasteiger partial charge is 0.358 e. The first-order valence-electron chi connectivity index (χ1n) is 29.2. The van der Waals surface area contributed by atoms with Crippen LogP contribution in [0.2, 0.25) is 0 Å². The number of amides is 4. The van der Waals surface area contributed by atoms with Crippen LogP contribution in [0.5, 0.6) is 5.75 Å². The molecule has 0 radical (unpaired) electrons. The normalized spacial score (nSPS) is 24.8. The van der Waals surface area contributed by atoms with Crippen LogP contribution in [0.3, 0.4) is 0 Å². The summed E-state index contributed by atoms with van der Waals surface area (Å²) in [4.78, 5) is 121. The number of rotatable bonds is 8. The number of thiazole rings is 5. The molecule has 0 unspecified atom stereocenters. The number of esters is 2. The molecule has 8 aromatic rings. The third-order valence-corrected chi connectivity index (χ3v) is 20.6. The number of cyclic esters (lactones) is 2. The second kappa shape index (κ2) is 26.5. The summed E-state index contributed by atoms with van der Waals surface area (Å²) in [6.07, 6.45) is -7.36. The number of fused-ring (bicyclic) bond motifs is 15. The number of hydrogen-bond acceptors (Lipinski definition) is 29. The number of nitrogens with one attached hydrogen (secondary N) is 4. The number of carbonyl (C=O) groups excluding carboxylic acids is 6. The molecule has 1 fully saturated rings. The molecule has 4 aliphatic heterocycles. The van der Waals surface area contributed by atoms with Crippen LogP contribution in [0.4, 0.5) is 0 Å². The van der Waals surface area contributed by atoms with Gasteiger partial charge in [0.15, 0.2) is 18.1 Å². The number of allylic oxidation sites excluding steroid dienone is 1. The van der Waals surface area contributed by atoms with E-state index in [0.29, 0.717) is 27.5 Å². The van der Waals surface area contributed by atoms with Gasteiger partial charge in [-0.05, 0) is 73.6 Å². The zero-order valence-electron chi connectivity index (χ0n) is 51.7. The third kappa shape index (κ3) is 12.9. The summed E-state index contributed by atoms with van der Waals surface area (Å²) < 4.78 is 38.3. The topological polar surface area (TPSA) is 376 Å². The van der Waals surface area contributed by atoms with Gasteiger partial charge in [-0.1, -0.05) is 12.1 Å². The molecule has 0 aliphatic carbocycles. The van der Waals surface area contributed by atoms with Gasteiger partial charge < -0.3 is 80.0 Å². The van der Waals surface area contributed by atoms with Gasteiger partial charge in [-0.25, -0.2) is 39.5 Å². The fourth-order valence-corrected chi connectivity index (χ4v) is 16.0. The van der Waals surface area contributed by atoms with E-state index in [0.717, 1.165) is 45.3 Å². The summed E-state index contributed by atoms with van der Waals surface area (Å²) in [5.74, 6) is -5.89. The number of carbonyl (C=O) groups is 6. The van der Waals surface area contributed by atoms with Crippen LogP contribution in [-0.2, 0) is 57.8 Å². The maximum absolute atomic E-state index is 15.2. The van der Waals surface area contributed by atoms with E-state index in [1.165, 1.54) is 60.6 Å². The third-order valence-electron chi connectivity index (χ3n) is 16.0. The number of aliphatic hydroxyl groups is 2. The molecule has 494 valence electrons. The van der Waals surface area contributed by atoms with Crippen molar-refractivity contribution in [1.29, 1.82) is 0 Å². The Kier molecular flexibility index (Phi) is 18.5. The van der Waals surface area contributed by atoms with Crippen molar-refractivity contribution in [2.75, 3.05) is 41.9 Å². The molecule has 0 saturated carbocycles. The highest BCUT2D eigenvalue weighted by molar-refractivity contribution is 7.14. The molecule has 0 spiro atoms. The average molecular weight is 1380 g/mol. The van der Waals surface area contributed by atoms with Gasteiger partial charge in [0.1, 0.15) is 114 Å². The van der Waals surface area contributed by atoms with Crippen LogP contribution in [-0.4, -0.2) is 191 Å². The highest BCUT2D eigenvalue weighted by atomic mass is 32.1. The number of benzene rings is 1. The lowest BCUT2D eigenvalue weighted by atomic mass is 9.85. The Labute approximate surface area is 555 Å². The van der Waals surface area contributed by atoms with E-state index >= 15 is 14.4 Å². The minimum Gasteiger partial charge on any atom is -0.506 e. The van der Waals surface area contributed by atoms with Gasteiger partial charge in [-0.2, -0.15) is 4.73 Å². The van der Waals surface area contributed by atoms with Gasteiger partial charge in [-0.15, -0.1) is 56.7 Å². The Morgan fingerprint density at radius 2 is 1.49 bits per heavy atom. The first kappa shape index (κ1) is 65.8. The number of aromatic nitrogens is 7. The fourth-order valence-electron chi connectivity index (χ4n) is 11.8. The van der Waals surface area contributed by atoms with Gasteiger partial charge >= 0.3 is 11.9 Å². The molecule has 7 aromatic heterocycles. The van der Waals surface area contributed by atoms with Crippen LogP contribution in [0.25, 0.3) is 49.3 Å². The Morgan fingerprint density at radius 3 is 2.21 bits per heavy atom. The first-order valence-corrected chi connectivity index (χ1v) is 33.6. The average Bonchev–Trinajstić information content (AvgIpc) is 1.04. The molecule has 94 heavy (non-hydrogen) atoms. The van der Waals surface area contributed by atoms with E-state index in [4.69, 9.17) is 48.4 Å². The molecule has 1 saturated heterocycles. The van der Waals surface area contributed by atoms with E-state index in [2.05, 4.69) is 31.2 Å². The van der Waals surface area contributed by atoms with E-state index in [9.17, 15) is 34.9 Å². The molecule has 34 heteroatoms. The molecule has 1 aromatic carbocycles. The predicted molar refractivity (Wildman–Crippen MR) is 342 cm³/mol. The Balaban J connectivity index is 1.05. The van der Waals surface area contributed by atoms with Gasteiger partial charge in [-0.3, -0.25) is 19.2 Å². The SMILES string of the molecule is COC(C)=C1NC(=O)[C@H]([C@@H](C)O)NC(=O)c2csc(n2)-c2cc(O)c(-c3nc(CN(C)C)cs3)nc2-c2csc(n2)[C@@H]2COC(=O)c3c4c5c(cccc5n3O)COC(=O)[C@@H](O[C@H]3C[C@](C)(O)[C@H](N(C)C)[C@H](C)O3)[C@@H](OC4)[C@H](NC(=O)c3csc1n3)c1nc(cs1)C(=O)N2. The summed E-state index contributed by atoms with van der Waals surface area (Å²) in [6, 6.07) is 1.07. The summed E-state index contributed by atoms with van der Waals surface area (Å²) in [7, 11) is 8.66. The Hall–Kier alpha value is -8.26. The van der Waals surface area contributed by atoms with Crippen molar-refractivity contribution in [3.05, 3.63) is 112 Å². The Morgan fingerprint density at radius 1 is 0.819 bits per heavy atom. The van der Waals surface area contributed by atoms with Crippen LogP contribution in [0.1, 0.15) is 120 Å². The number of aliphatic hydroxyl groups excluding tert-OH is 1. The zero-order chi connectivity index (χ0) is 66.8. The monoisotopic (exact) mass is 1380 g/mol. The minimum absolute atomic E-state index is 0.0142. The molecule has 4 amide bonds. The number of aromatic hydroxyl groups is 1. The van der Waals surface area contributed by atoms with Crippen LogP contribution >= 0.6 is 56.7 Å². The molecule has 4 aliphatic rings. The summed E-state index contributed by atoms with van der Waals surface area (Å²) in [6.45, 7) is 4.96. The quantitative estimate of drug-likeness (QED) is 0.0549. The highest BCUT2D eigenvalue weighted by Gasteiger charge is 2.50. The van der Waals surface area contributed by atoms with E-state index < -0.39 is 122 Å². The van der Waals surface area contributed by atoms with Crippen molar-refractivity contribution in [1.82, 2.24) is 65.7 Å². The van der Waals surface area contributed by atoms with Crippen molar-refractivity contribution in [2.45, 2.75) is 114 Å². The number of nitrogens with zero attached hydrogens (tertiary/aromatic N) is 9. The van der Waals surface area contributed by atoms with Gasteiger partial charge in [0, 0.05) is 56.4 Å². The van der Waals surface area contributed by atoms with E-state index in [1.807, 2.05) is 24.4 Å². The van der Waals surface area contributed by atoms with Gasteiger partial charge in [0.05, 0.1) is 48.8 Å². The lowest BCUT2D eigenvalue weighted by Gasteiger charge is -2.48. The minimum atomic E-state index is -1.89. The standard InChI is InChI=1S/C60H63N13O16S5/c1-24(74)40-52(79)69-41(25(2)84-9)55-65-35(23-93-55)51(78)70-44-46-47(89-38-14-60(4,82)48(72(7)8)26(3)88-38)59(81)86-16-27-11-10-12-36-39(27)30(17-85-46)45(73(36)83)58(80)87-18-31(62-49(76)33-22-94-57(44)66-33)54-63-32(20-92-54)42-29(53-64-34(21-91-53)50(77)68-40)13-37(75)43(67-42)56-61-28(19-90-56)15-71(5)6/h10-13,19-24,26,31,38,40,44,46-48,74-75,82-83H,14-18H2,1-9H3,(H,62,76)(H,68,77)(H,69,79)(H,70,78)/t24-,26+,31+,38+,40+,44+,46+,47+,48-,60+/m1/s1. The van der Waals surface area contributed by atoms with Crippen molar-refractivity contribution >= 4 is 109 Å². The van der Waals surface area contributed by atoms with E-state index in [1.54, 1.807) is 50.4 Å². The van der Waals surface area contributed by atoms with E-state index in [-0.39, 0.29) is 99.9 Å². The fraction of sp³-hybridized carbons (Fsp3) is 0.400. The highest BCUT2D eigenvalue weighted by Crippen LogP contribution is 2.43. The summed E-state index contributed by atoms with van der Waals surface area (Å²) >= 11 is 5.06. The number of hydrogen-bond donors (Lipinski definition) is 8. The molecule has 12 rings (SSSR count). The molecule has 11 heterocycles. The van der Waals surface area contributed by atoms with Crippen LogP contribution < -0.4 is 21.3 Å². The maximum atomic E-state index is 15.2. The van der Waals surface area contributed by atoms with Crippen molar-refractivity contribution in [3.63, 3.8) is 0 Å². The molecular weight excluding hydrogens is 1320 g/mol. The summed E-state index contributed by atoms with van der Waals surface area (Å²) in [5, 5.41) is 66.7. The van der Waals surface area contributed by atoms with Crippen LogP contribution in [0, 0.1) is 0 Å². The molecular formula is C60H63N13O16S5. The second-order valence-corrected chi connectivity index (χ2v) is 27.7. The molecule has 10 atom stereocenters. The van der Waals surface area contributed by atoms with Crippen LogP contribution in [0.15, 0.2) is 56.9 Å². The van der Waals surface area contributed by atoms with Gasteiger partial charge in [0.2, 0.25) is 5.91 Å². The van der Waals surface area contributed by atoms with Gasteiger partial charge in [0.25, 0.3) is 17.7 Å². The van der Waals surface area contributed by atoms with Crippen molar-refractivity contribution in [3.8, 4) is 38.4 Å². The lowest BCUT2D eigenvalue weighted by Crippen LogP contribution is -2.62. The maximum Gasteiger partial charge on any atom is 0.358 e. The Bertz CT molecular complexity index is 4320. The number of ether oxygens (including phenoxy) is 6.